The van der Waals surface area contributed by atoms with Crippen molar-refractivity contribution in [3.05, 3.63) is 63.3 Å². The Morgan fingerprint density at radius 3 is 2.46 bits per heavy atom. The molecule has 134 valence electrons. The van der Waals surface area contributed by atoms with Crippen molar-refractivity contribution in [2.45, 2.75) is 13.3 Å². The SMILES string of the molecule is Cc1ccc(Cl)cc1N(C)C(=O)Cc1c(C(=O)O)[nH]c2ccc(Cl)cc12. The Labute approximate surface area is 160 Å². The molecule has 1 aromatic heterocycles. The number of aromatic carboxylic acids is 1. The Morgan fingerprint density at radius 1 is 1.12 bits per heavy atom. The van der Waals surface area contributed by atoms with Gasteiger partial charge in [0.2, 0.25) is 5.91 Å². The lowest BCUT2D eigenvalue weighted by molar-refractivity contribution is -0.117. The van der Waals surface area contributed by atoms with E-state index in [2.05, 4.69) is 4.98 Å². The zero-order chi connectivity index (χ0) is 19.0. The van der Waals surface area contributed by atoms with Crippen molar-refractivity contribution >= 4 is 51.7 Å². The minimum atomic E-state index is -1.12. The van der Waals surface area contributed by atoms with E-state index >= 15 is 0 Å². The number of benzene rings is 2. The van der Waals surface area contributed by atoms with Gasteiger partial charge in [-0.2, -0.15) is 0 Å². The summed E-state index contributed by atoms with van der Waals surface area (Å²) in [5.41, 5.74) is 2.59. The first-order valence-corrected chi connectivity index (χ1v) is 8.59. The van der Waals surface area contributed by atoms with E-state index in [1.54, 1.807) is 37.4 Å². The largest absolute Gasteiger partial charge is 0.477 e. The Morgan fingerprint density at radius 2 is 1.77 bits per heavy atom. The average Bonchev–Trinajstić information content (AvgIpc) is 2.94. The molecule has 1 amide bonds. The molecule has 2 N–H and O–H groups in total. The Bertz CT molecular complexity index is 1030. The zero-order valence-electron chi connectivity index (χ0n) is 14.1. The van der Waals surface area contributed by atoms with Crippen molar-refractivity contribution in [3.63, 3.8) is 0 Å². The summed E-state index contributed by atoms with van der Waals surface area (Å²) < 4.78 is 0. The van der Waals surface area contributed by atoms with Crippen LogP contribution < -0.4 is 4.90 Å². The number of H-pyrrole nitrogens is 1. The number of carbonyl (C=O) groups is 2. The van der Waals surface area contributed by atoms with Gasteiger partial charge in [-0.1, -0.05) is 29.3 Å². The number of anilines is 1. The van der Waals surface area contributed by atoms with Crippen LogP contribution in [0, 0.1) is 6.92 Å². The molecular weight excluding hydrogens is 375 g/mol. The van der Waals surface area contributed by atoms with E-state index < -0.39 is 5.97 Å². The topological polar surface area (TPSA) is 73.4 Å². The number of rotatable bonds is 4. The molecule has 0 saturated carbocycles. The molecule has 0 aliphatic heterocycles. The van der Waals surface area contributed by atoms with Crippen LogP contribution in [0.2, 0.25) is 10.0 Å². The minimum Gasteiger partial charge on any atom is -0.477 e. The number of hydrogen-bond acceptors (Lipinski definition) is 2. The van der Waals surface area contributed by atoms with E-state index in [1.165, 1.54) is 4.90 Å². The third kappa shape index (κ3) is 3.41. The number of likely N-dealkylation sites (N-methyl/N-ethyl adjacent to an activating group) is 1. The van der Waals surface area contributed by atoms with Gasteiger partial charge in [0.25, 0.3) is 0 Å². The Kier molecular flexibility index (Phi) is 4.94. The second-order valence-electron chi connectivity index (χ2n) is 6.03. The maximum Gasteiger partial charge on any atom is 0.352 e. The number of aromatic amines is 1. The average molecular weight is 391 g/mol. The molecule has 2 aromatic carbocycles. The van der Waals surface area contributed by atoms with E-state index in [0.29, 0.717) is 32.2 Å². The number of halogens is 2. The molecule has 0 spiro atoms. The zero-order valence-corrected chi connectivity index (χ0v) is 15.6. The third-order valence-electron chi connectivity index (χ3n) is 4.32. The van der Waals surface area contributed by atoms with E-state index in [0.717, 1.165) is 5.56 Å². The smallest absolute Gasteiger partial charge is 0.352 e. The van der Waals surface area contributed by atoms with Gasteiger partial charge in [0, 0.05) is 39.2 Å². The molecule has 0 saturated heterocycles. The fraction of sp³-hybridized carbons (Fsp3) is 0.158. The van der Waals surface area contributed by atoms with Crippen molar-refractivity contribution in [2.24, 2.45) is 0 Å². The second kappa shape index (κ2) is 7.02. The number of nitrogens with zero attached hydrogens (tertiary/aromatic N) is 1. The standard InChI is InChI=1S/C19H16Cl2N2O3/c1-10-3-4-12(21)8-16(10)23(2)17(24)9-14-13-7-11(20)5-6-15(13)22-18(14)19(25)26/h3-8,22H,9H2,1-2H3,(H,25,26). The summed E-state index contributed by atoms with van der Waals surface area (Å²) in [6, 6.07) is 10.3. The highest BCUT2D eigenvalue weighted by atomic mass is 35.5. The fourth-order valence-electron chi connectivity index (χ4n) is 2.93. The summed E-state index contributed by atoms with van der Waals surface area (Å²) in [4.78, 5) is 28.7. The van der Waals surface area contributed by atoms with Crippen molar-refractivity contribution in [1.29, 1.82) is 0 Å². The number of nitrogens with one attached hydrogen (secondary N) is 1. The molecule has 0 aliphatic carbocycles. The van der Waals surface area contributed by atoms with Gasteiger partial charge in [-0.25, -0.2) is 4.79 Å². The lowest BCUT2D eigenvalue weighted by Crippen LogP contribution is -2.29. The Balaban J connectivity index is 2.01. The third-order valence-corrected chi connectivity index (χ3v) is 4.79. The minimum absolute atomic E-state index is 0.00756. The van der Waals surface area contributed by atoms with E-state index in [-0.39, 0.29) is 18.0 Å². The second-order valence-corrected chi connectivity index (χ2v) is 6.91. The van der Waals surface area contributed by atoms with E-state index in [1.807, 2.05) is 13.0 Å². The van der Waals surface area contributed by atoms with Crippen LogP contribution in [0.1, 0.15) is 21.6 Å². The van der Waals surface area contributed by atoms with Crippen molar-refractivity contribution in [1.82, 2.24) is 4.98 Å². The molecule has 0 fully saturated rings. The number of amides is 1. The fourth-order valence-corrected chi connectivity index (χ4v) is 3.27. The lowest BCUT2D eigenvalue weighted by atomic mass is 10.1. The van der Waals surface area contributed by atoms with Crippen LogP contribution in [0.3, 0.4) is 0 Å². The number of aromatic nitrogens is 1. The molecule has 0 unspecified atom stereocenters. The van der Waals surface area contributed by atoms with Gasteiger partial charge >= 0.3 is 5.97 Å². The van der Waals surface area contributed by atoms with Crippen molar-refractivity contribution in [2.75, 3.05) is 11.9 Å². The first kappa shape index (κ1) is 18.3. The molecule has 1 heterocycles. The van der Waals surface area contributed by atoms with Gasteiger partial charge in [0.05, 0.1) is 6.42 Å². The van der Waals surface area contributed by atoms with Crippen LogP contribution in [0.4, 0.5) is 5.69 Å². The molecule has 3 aromatic rings. The molecule has 7 heteroatoms. The summed E-state index contributed by atoms with van der Waals surface area (Å²) >= 11 is 12.1. The molecule has 3 rings (SSSR count). The van der Waals surface area contributed by atoms with Crippen LogP contribution in [0.25, 0.3) is 10.9 Å². The van der Waals surface area contributed by atoms with Crippen LogP contribution in [0.5, 0.6) is 0 Å². The highest BCUT2D eigenvalue weighted by Crippen LogP contribution is 2.28. The van der Waals surface area contributed by atoms with Crippen LogP contribution in [0.15, 0.2) is 36.4 Å². The van der Waals surface area contributed by atoms with Gasteiger partial charge in [-0.05, 0) is 42.8 Å². The highest BCUT2D eigenvalue weighted by Gasteiger charge is 2.22. The van der Waals surface area contributed by atoms with Crippen molar-refractivity contribution < 1.29 is 14.7 Å². The molecule has 5 nitrogen and oxygen atoms in total. The molecule has 0 aliphatic rings. The number of carboxylic acid groups (broad SMARTS) is 1. The molecule has 0 atom stereocenters. The predicted octanol–water partition coefficient (Wildman–Crippen LogP) is 4.69. The highest BCUT2D eigenvalue weighted by molar-refractivity contribution is 6.31. The van der Waals surface area contributed by atoms with Crippen LogP contribution in [-0.2, 0) is 11.2 Å². The maximum absolute atomic E-state index is 12.8. The van der Waals surface area contributed by atoms with Crippen LogP contribution >= 0.6 is 23.2 Å². The first-order chi connectivity index (χ1) is 12.3. The number of fused-ring (bicyclic) bond motifs is 1. The molecular formula is C19H16Cl2N2O3. The van der Waals surface area contributed by atoms with Gasteiger partial charge < -0.3 is 15.0 Å². The predicted molar refractivity (Wildman–Crippen MR) is 104 cm³/mol. The van der Waals surface area contributed by atoms with Crippen molar-refractivity contribution in [3.8, 4) is 0 Å². The van der Waals surface area contributed by atoms with Gasteiger partial charge in [-0.3, -0.25) is 4.79 Å². The van der Waals surface area contributed by atoms with Gasteiger partial charge in [0.1, 0.15) is 5.69 Å². The summed E-state index contributed by atoms with van der Waals surface area (Å²) in [7, 11) is 1.64. The summed E-state index contributed by atoms with van der Waals surface area (Å²) in [5, 5.41) is 11.1. The van der Waals surface area contributed by atoms with E-state index in [4.69, 9.17) is 23.2 Å². The maximum atomic E-state index is 12.8. The summed E-state index contributed by atoms with van der Waals surface area (Å²) in [6.45, 7) is 1.88. The first-order valence-electron chi connectivity index (χ1n) is 7.84. The lowest BCUT2D eigenvalue weighted by Gasteiger charge is -2.20. The van der Waals surface area contributed by atoms with Gasteiger partial charge in [-0.15, -0.1) is 0 Å². The van der Waals surface area contributed by atoms with Crippen LogP contribution in [-0.4, -0.2) is 29.0 Å². The summed E-state index contributed by atoms with van der Waals surface area (Å²) in [5.74, 6) is -1.37. The van der Waals surface area contributed by atoms with Gasteiger partial charge in [0.15, 0.2) is 0 Å². The normalized spacial score (nSPS) is 10.9. The summed E-state index contributed by atoms with van der Waals surface area (Å²) in [6.07, 6.45) is -0.0789. The quantitative estimate of drug-likeness (QED) is 0.678. The number of hydrogen-bond donors (Lipinski definition) is 2. The van der Waals surface area contributed by atoms with E-state index in [9.17, 15) is 14.7 Å². The number of aryl methyl sites for hydroxylation is 1. The molecule has 0 bridgehead atoms. The monoisotopic (exact) mass is 390 g/mol. The number of carbonyl (C=O) groups excluding carboxylic acids is 1. The molecule has 26 heavy (non-hydrogen) atoms. The number of carboxylic acids is 1. The molecule has 0 radical (unpaired) electrons. The Hall–Kier alpha value is -2.50.